The molecule has 27 heavy (non-hydrogen) atoms. The SMILES string of the molecule is COCCN/C=C1\C(=O)N(C)c2cc(Cl)ccc2N(c2ccccc2)C1=O. The van der Waals surface area contributed by atoms with Gasteiger partial charge in [-0.2, -0.15) is 0 Å². The highest BCUT2D eigenvalue weighted by molar-refractivity contribution is 6.34. The molecule has 0 saturated carbocycles. The summed E-state index contributed by atoms with van der Waals surface area (Å²) in [7, 11) is 3.21. The zero-order valence-corrected chi connectivity index (χ0v) is 15.9. The number of halogens is 1. The van der Waals surface area contributed by atoms with Gasteiger partial charge in [0.2, 0.25) is 0 Å². The number of nitrogens with zero attached hydrogens (tertiary/aromatic N) is 2. The van der Waals surface area contributed by atoms with Gasteiger partial charge in [-0.1, -0.05) is 29.8 Å². The Bertz CT molecular complexity index is 883. The average Bonchev–Trinajstić information content (AvgIpc) is 2.75. The van der Waals surface area contributed by atoms with Gasteiger partial charge in [0.1, 0.15) is 5.57 Å². The number of hydrogen-bond donors (Lipinski definition) is 1. The molecule has 2 aromatic rings. The highest BCUT2D eigenvalue weighted by Gasteiger charge is 2.35. The fraction of sp³-hybridized carbons (Fsp3) is 0.200. The molecule has 0 bridgehead atoms. The van der Waals surface area contributed by atoms with Crippen molar-refractivity contribution in [3.63, 3.8) is 0 Å². The van der Waals surface area contributed by atoms with E-state index in [0.29, 0.717) is 35.2 Å². The van der Waals surface area contributed by atoms with Crippen molar-refractivity contribution in [2.75, 3.05) is 37.1 Å². The largest absolute Gasteiger partial charge is 0.388 e. The molecule has 0 aromatic heterocycles. The van der Waals surface area contributed by atoms with Crippen molar-refractivity contribution in [3.05, 3.63) is 65.3 Å². The van der Waals surface area contributed by atoms with Crippen molar-refractivity contribution >= 4 is 40.5 Å². The summed E-state index contributed by atoms with van der Waals surface area (Å²) in [6.07, 6.45) is 1.45. The second-order valence-electron chi connectivity index (χ2n) is 5.98. The third-order valence-corrected chi connectivity index (χ3v) is 4.45. The Morgan fingerprint density at radius 1 is 1.07 bits per heavy atom. The minimum Gasteiger partial charge on any atom is -0.388 e. The maximum atomic E-state index is 13.3. The van der Waals surface area contributed by atoms with Crippen LogP contribution in [0.15, 0.2) is 60.3 Å². The summed E-state index contributed by atoms with van der Waals surface area (Å²) < 4.78 is 4.99. The average molecular weight is 386 g/mol. The van der Waals surface area contributed by atoms with E-state index < -0.39 is 11.8 Å². The maximum Gasteiger partial charge on any atom is 0.269 e. The van der Waals surface area contributed by atoms with Gasteiger partial charge in [-0.15, -0.1) is 0 Å². The lowest BCUT2D eigenvalue weighted by atomic mass is 10.2. The first kappa shape index (κ1) is 18.9. The van der Waals surface area contributed by atoms with Crippen LogP contribution in [0.3, 0.4) is 0 Å². The Hall–Kier alpha value is -2.83. The van der Waals surface area contributed by atoms with Crippen LogP contribution in [0.25, 0.3) is 0 Å². The molecular formula is C20H20ClN3O3. The predicted molar refractivity (Wildman–Crippen MR) is 106 cm³/mol. The van der Waals surface area contributed by atoms with E-state index in [0.717, 1.165) is 0 Å². The molecule has 6 nitrogen and oxygen atoms in total. The molecule has 3 rings (SSSR count). The van der Waals surface area contributed by atoms with Gasteiger partial charge in [0, 0.05) is 37.6 Å². The summed E-state index contributed by atoms with van der Waals surface area (Å²) in [5, 5.41) is 3.45. The lowest BCUT2D eigenvalue weighted by Gasteiger charge is -2.23. The Balaban J connectivity index is 2.13. The maximum absolute atomic E-state index is 13.3. The number of amides is 2. The minimum absolute atomic E-state index is 0.0322. The molecule has 1 aliphatic heterocycles. The molecule has 0 spiro atoms. The molecular weight excluding hydrogens is 366 g/mol. The second-order valence-corrected chi connectivity index (χ2v) is 6.41. The molecule has 2 aromatic carbocycles. The number of anilines is 3. The van der Waals surface area contributed by atoms with Gasteiger partial charge in [0.15, 0.2) is 0 Å². The number of rotatable bonds is 5. The number of methoxy groups -OCH3 is 1. The summed E-state index contributed by atoms with van der Waals surface area (Å²) in [4.78, 5) is 29.2. The number of likely N-dealkylation sites (N-methyl/N-ethyl adjacent to an activating group) is 1. The highest BCUT2D eigenvalue weighted by Crippen LogP contribution is 2.39. The van der Waals surface area contributed by atoms with Crippen LogP contribution in [-0.2, 0) is 14.3 Å². The van der Waals surface area contributed by atoms with Gasteiger partial charge < -0.3 is 15.0 Å². The molecule has 0 radical (unpaired) electrons. The van der Waals surface area contributed by atoms with Crippen LogP contribution in [0.5, 0.6) is 0 Å². The Morgan fingerprint density at radius 2 is 1.81 bits per heavy atom. The second kappa shape index (κ2) is 8.24. The topological polar surface area (TPSA) is 61.9 Å². The third-order valence-electron chi connectivity index (χ3n) is 4.22. The molecule has 0 saturated heterocycles. The lowest BCUT2D eigenvalue weighted by molar-refractivity contribution is -0.120. The van der Waals surface area contributed by atoms with Gasteiger partial charge in [-0.25, -0.2) is 0 Å². The molecule has 1 N–H and O–H groups in total. The molecule has 0 fully saturated rings. The van der Waals surface area contributed by atoms with Gasteiger partial charge >= 0.3 is 0 Å². The Labute approximate surface area is 163 Å². The van der Waals surface area contributed by atoms with Crippen LogP contribution >= 0.6 is 11.6 Å². The third kappa shape index (κ3) is 3.82. The quantitative estimate of drug-likeness (QED) is 0.488. The van der Waals surface area contributed by atoms with E-state index in [4.69, 9.17) is 16.3 Å². The van der Waals surface area contributed by atoms with Crippen LogP contribution in [0, 0.1) is 0 Å². The van der Waals surface area contributed by atoms with Crippen molar-refractivity contribution in [2.24, 2.45) is 0 Å². The van der Waals surface area contributed by atoms with Crippen LogP contribution in [-0.4, -0.2) is 39.1 Å². The summed E-state index contributed by atoms with van der Waals surface area (Å²) in [6.45, 7) is 0.939. The lowest BCUT2D eigenvalue weighted by Crippen LogP contribution is -2.33. The van der Waals surface area contributed by atoms with Gasteiger partial charge in [0.25, 0.3) is 11.8 Å². The van der Waals surface area contributed by atoms with E-state index in [-0.39, 0.29) is 5.57 Å². The number of carbonyl (C=O) groups excluding carboxylic acids is 2. The predicted octanol–water partition coefficient (Wildman–Crippen LogP) is 3.10. The van der Waals surface area contributed by atoms with Gasteiger partial charge in [-0.05, 0) is 30.3 Å². The first-order chi connectivity index (χ1) is 13.0. The standard InChI is InChI=1S/C20H20ClN3O3/c1-23-18-12-14(21)8-9-17(18)24(15-6-4-3-5-7-15)20(26)16(19(23)25)13-22-10-11-27-2/h3-9,12-13,22H,10-11H2,1-2H3/b16-13+. The Morgan fingerprint density at radius 3 is 2.52 bits per heavy atom. The molecule has 1 heterocycles. The van der Waals surface area contributed by atoms with Crippen molar-refractivity contribution in [3.8, 4) is 0 Å². The van der Waals surface area contributed by atoms with Crippen LogP contribution < -0.4 is 15.1 Å². The molecule has 0 aliphatic carbocycles. The monoisotopic (exact) mass is 385 g/mol. The zero-order valence-electron chi connectivity index (χ0n) is 15.1. The van der Waals surface area contributed by atoms with E-state index >= 15 is 0 Å². The number of fused-ring (bicyclic) bond motifs is 1. The molecule has 7 heteroatoms. The number of hydrogen-bond acceptors (Lipinski definition) is 4. The van der Waals surface area contributed by atoms with Crippen molar-refractivity contribution in [1.82, 2.24) is 5.32 Å². The van der Waals surface area contributed by atoms with Crippen LogP contribution in [0.2, 0.25) is 5.02 Å². The highest BCUT2D eigenvalue weighted by atomic mass is 35.5. The van der Waals surface area contributed by atoms with E-state index in [9.17, 15) is 9.59 Å². The number of ether oxygens (including phenoxy) is 1. The summed E-state index contributed by atoms with van der Waals surface area (Å²) in [5.74, 6) is -0.823. The summed E-state index contributed by atoms with van der Waals surface area (Å²) in [5.41, 5.74) is 1.85. The molecule has 0 atom stereocenters. The van der Waals surface area contributed by atoms with Crippen molar-refractivity contribution < 1.29 is 14.3 Å². The zero-order chi connectivity index (χ0) is 19.4. The minimum atomic E-state index is -0.413. The first-order valence-corrected chi connectivity index (χ1v) is 8.82. The molecule has 140 valence electrons. The number of benzene rings is 2. The van der Waals surface area contributed by atoms with Gasteiger partial charge in [0.05, 0.1) is 18.0 Å². The van der Waals surface area contributed by atoms with E-state index in [2.05, 4.69) is 5.32 Å². The molecule has 1 aliphatic rings. The van der Waals surface area contributed by atoms with Crippen LogP contribution in [0.4, 0.5) is 17.1 Å². The van der Waals surface area contributed by atoms with Gasteiger partial charge in [-0.3, -0.25) is 14.5 Å². The molecule has 0 unspecified atom stereocenters. The summed E-state index contributed by atoms with van der Waals surface area (Å²) in [6, 6.07) is 14.3. The fourth-order valence-corrected chi connectivity index (χ4v) is 3.02. The first-order valence-electron chi connectivity index (χ1n) is 8.44. The number of carbonyl (C=O) groups is 2. The smallest absolute Gasteiger partial charge is 0.269 e. The van der Waals surface area contributed by atoms with E-state index in [1.54, 1.807) is 32.4 Å². The Kier molecular flexibility index (Phi) is 5.78. The van der Waals surface area contributed by atoms with Crippen LogP contribution in [0.1, 0.15) is 0 Å². The summed E-state index contributed by atoms with van der Waals surface area (Å²) >= 11 is 6.15. The van der Waals surface area contributed by atoms with Crippen molar-refractivity contribution in [1.29, 1.82) is 0 Å². The van der Waals surface area contributed by atoms with E-state index in [1.165, 1.54) is 16.0 Å². The molecule has 2 amide bonds. The van der Waals surface area contributed by atoms with Crippen molar-refractivity contribution in [2.45, 2.75) is 0 Å². The normalized spacial score (nSPS) is 15.7. The number of para-hydroxylation sites is 1. The fourth-order valence-electron chi connectivity index (χ4n) is 2.86. The van der Waals surface area contributed by atoms with E-state index in [1.807, 2.05) is 30.3 Å². The number of nitrogens with one attached hydrogen (secondary N) is 1.